The van der Waals surface area contributed by atoms with Crippen LogP contribution in [0.25, 0.3) is 0 Å². The first-order valence-electron chi connectivity index (χ1n) is 12.1. The Morgan fingerprint density at radius 1 is 0.917 bits per heavy atom. The third-order valence-corrected chi connectivity index (χ3v) is 9.12. The van der Waals surface area contributed by atoms with Crippen LogP contribution in [0.1, 0.15) is 37.9 Å². The summed E-state index contributed by atoms with van der Waals surface area (Å²) in [7, 11) is -4.08. The molecule has 9 heteroatoms. The first-order chi connectivity index (χ1) is 17.3. The SMILES string of the molecule is CCn1c2c(c(=O)n(CC)c1=O)N(S(=O)(=O)c1ccc(C)cc1)C/C(=C/Sc1ccccc1)CCC2. The molecule has 0 radical (unpaired) electrons. The first kappa shape index (κ1) is 26.0. The van der Waals surface area contributed by atoms with E-state index in [0.29, 0.717) is 31.5 Å². The molecule has 1 aliphatic heterocycles. The van der Waals surface area contributed by atoms with Crippen molar-refractivity contribution in [2.24, 2.45) is 0 Å². The standard InChI is InChI=1S/C27H31N3O4S2/c1-4-28-24-13-9-10-21(19-35-22-11-7-6-8-12-22)18-30(25(24)26(31)29(5-2)27(28)32)36(33,34)23-16-14-20(3)15-17-23/h6-8,11-12,14-17,19H,4-5,9-10,13,18H2,1-3H3/b21-19+. The molecule has 7 nitrogen and oxygen atoms in total. The first-order valence-corrected chi connectivity index (χ1v) is 14.5. The lowest BCUT2D eigenvalue weighted by atomic mass is 10.0. The number of hydrogen-bond donors (Lipinski definition) is 0. The Balaban J connectivity index is 1.92. The van der Waals surface area contributed by atoms with E-state index in [4.69, 9.17) is 0 Å². The van der Waals surface area contributed by atoms with Crippen molar-refractivity contribution in [1.29, 1.82) is 0 Å². The van der Waals surface area contributed by atoms with Crippen LogP contribution in [0.5, 0.6) is 0 Å². The van der Waals surface area contributed by atoms with E-state index in [1.807, 2.05) is 49.6 Å². The van der Waals surface area contributed by atoms with E-state index in [2.05, 4.69) is 0 Å². The molecular formula is C27H31N3O4S2. The summed E-state index contributed by atoms with van der Waals surface area (Å²) in [6.07, 6.45) is 1.81. The number of rotatable bonds is 6. The Bertz CT molecular complexity index is 1490. The van der Waals surface area contributed by atoms with Gasteiger partial charge in [0.15, 0.2) is 0 Å². The van der Waals surface area contributed by atoms with E-state index < -0.39 is 21.3 Å². The molecule has 0 N–H and O–H groups in total. The van der Waals surface area contributed by atoms with Gasteiger partial charge in [-0.2, -0.15) is 0 Å². The molecule has 1 aromatic heterocycles. The van der Waals surface area contributed by atoms with Crippen molar-refractivity contribution in [3.05, 3.63) is 97.7 Å². The van der Waals surface area contributed by atoms with Gasteiger partial charge in [-0.1, -0.05) is 47.7 Å². The van der Waals surface area contributed by atoms with E-state index in [1.165, 1.54) is 16.1 Å². The van der Waals surface area contributed by atoms with Gasteiger partial charge in [-0.15, -0.1) is 0 Å². The largest absolute Gasteiger partial charge is 0.331 e. The molecule has 2 heterocycles. The minimum Gasteiger partial charge on any atom is -0.296 e. The van der Waals surface area contributed by atoms with Crippen LogP contribution in [0.4, 0.5) is 5.69 Å². The van der Waals surface area contributed by atoms with Crippen LogP contribution in [-0.2, 0) is 29.5 Å². The van der Waals surface area contributed by atoms with Crippen LogP contribution < -0.4 is 15.6 Å². The van der Waals surface area contributed by atoms with Gasteiger partial charge in [0.05, 0.1) is 17.1 Å². The van der Waals surface area contributed by atoms with Gasteiger partial charge in [-0.3, -0.25) is 18.2 Å². The minimum absolute atomic E-state index is 0.0456. The molecule has 0 saturated heterocycles. The number of aryl methyl sites for hydroxylation is 1. The number of aromatic nitrogens is 2. The second-order valence-corrected chi connectivity index (χ2v) is 11.6. The van der Waals surface area contributed by atoms with Crippen LogP contribution in [0.15, 0.2) is 85.0 Å². The number of nitrogens with zero attached hydrogens (tertiary/aromatic N) is 3. The maximum absolute atomic E-state index is 14.0. The van der Waals surface area contributed by atoms with Crippen molar-refractivity contribution in [1.82, 2.24) is 9.13 Å². The van der Waals surface area contributed by atoms with Crippen LogP contribution in [0, 0.1) is 6.92 Å². The van der Waals surface area contributed by atoms with E-state index in [9.17, 15) is 18.0 Å². The molecule has 0 amide bonds. The van der Waals surface area contributed by atoms with Crippen molar-refractivity contribution in [2.75, 3.05) is 10.8 Å². The zero-order chi connectivity index (χ0) is 25.9. The highest BCUT2D eigenvalue weighted by Gasteiger charge is 2.33. The van der Waals surface area contributed by atoms with Crippen molar-refractivity contribution in [2.45, 2.75) is 62.9 Å². The number of fused-ring (bicyclic) bond motifs is 1. The predicted octanol–water partition coefficient (Wildman–Crippen LogP) is 4.57. The zero-order valence-corrected chi connectivity index (χ0v) is 22.4. The lowest BCUT2D eigenvalue weighted by Gasteiger charge is -2.31. The smallest absolute Gasteiger partial charge is 0.296 e. The van der Waals surface area contributed by atoms with Crippen molar-refractivity contribution in [3.63, 3.8) is 0 Å². The molecule has 0 saturated carbocycles. The Hall–Kier alpha value is -3.04. The molecule has 0 atom stereocenters. The summed E-state index contributed by atoms with van der Waals surface area (Å²) in [5, 5.41) is 1.99. The quantitative estimate of drug-likeness (QED) is 0.441. The molecule has 2 aromatic carbocycles. The van der Waals surface area contributed by atoms with E-state index in [1.54, 1.807) is 35.8 Å². The minimum atomic E-state index is -4.08. The molecule has 0 fully saturated rings. The Morgan fingerprint density at radius 3 is 2.22 bits per heavy atom. The fourth-order valence-electron chi connectivity index (χ4n) is 4.45. The predicted molar refractivity (Wildman–Crippen MR) is 145 cm³/mol. The van der Waals surface area contributed by atoms with Crippen molar-refractivity contribution in [3.8, 4) is 0 Å². The van der Waals surface area contributed by atoms with Gasteiger partial charge >= 0.3 is 5.69 Å². The van der Waals surface area contributed by atoms with Gasteiger partial charge in [0, 0.05) is 18.0 Å². The number of benzene rings is 2. The fraction of sp³-hybridized carbons (Fsp3) is 0.333. The molecule has 4 rings (SSSR count). The maximum atomic E-state index is 14.0. The molecule has 0 aliphatic carbocycles. The molecule has 0 bridgehead atoms. The molecule has 190 valence electrons. The van der Waals surface area contributed by atoms with Crippen molar-refractivity contribution >= 4 is 27.5 Å². The van der Waals surface area contributed by atoms with E-state index in [-0.39, 0.29) is 23.7 Å². The lowest BCUT2D eigenvalue weighted by Crippen LogP contribution is -2.47. The summed E-state index contributed by atoms with van der Waals surface area (Å²) in [5.41, 5.74) is 1.47. The second kappa shape index (κ2) is 10.9. The topological polar surface area (TPSA) is 81.4 Å². The molecule has 1 aliphatic rings. The van der Waals surface area contributed by atoms with Crippen LogP contribution in [0.3, 0.4) is 0 Å². The Labute approximate surface area is 216 Å². The average Bonchev–Trinajstić information content (AvgIpc) is 2.85. The number of hydrogen-bond acceptors (Lipinski definition) is 5. The highest BCUT2D eigenvalue weighted by atomic mass is 32.2. The number of thioether (sulfide) groups is 1. The van der Waals surface area contributed by atoms with Gasteiger partial charge in [0.1, 0.15) is 5.69 Å². The monoisotopic (exact) mass is 525 g/mol. The van der Waals surface area contributed by atoms with Crippen molar-refractivity contribution < 1.29 is 8.42 Å². The molecule has 0 unspecified atom stereocenters. The molecular weight excluding hydrogens is 494 g/mol. The Morgan fingerprint density at radius 2 is 1.58 bits per heavy atom. The third-order valence-electron chi connectivity index (χ3n) is 6.36. The van der Waals surface area contributed by atoms with Gasteiger partial charge in [0.25, 0.3) is 15.6 Å². The second-order valence-electron chi connectivity index (χ2n) is 8.76. The van der Waals surface area contributed by atoms with E-state index >= 15 is 0 Å². The lowest BCUT2D eigenvalue weighted by molar-refractivity contribution is 0.549. The number of anilines is 1. The van der Waals surface area contributed by atoms with E-state index in [0.717, 1.165) is 20.6 Å². The average molecular weight is 526 g/mol. The fourth-order valence-corrected chi connectivity index (χ4v) is 6.75. The summed E-state index contributed by atoms with van der Waals surface area (Å²) >= 11 is 1.53. The van der Waals surface area contributed by atoms with Crippen LogP contribution in [-0.4, -0.2) is 24.1 Å². The summed E-state index contributed by atoms with van der Waals surface area (Å²) in [4.78, 5) is 27.9. The highest BCUT2D eigenvalue weighted by molar-refractivity contribution is 8.02. The number of sulfonamides is 1. The third kappa shape index (κ3) is 5.08. The summed E-state index contributed by atoms with van der Waals surface area (Å²) in [6, 6.07) is 16.5. The van der Waals surface area contributed by atoms with Crippen LogP contribution in [0.2, 0.25) is 0 Å². The normalized spacial score (nSPS) is 15.4. The summed E-state index contributed by atoms with van der Waals surface area (Å²) < 4.78 is 32.0. The maximum Gasteiger partial charge on any atom is 0.331 e. The van der Waals surface area contributed by atoms with Crippen LogP contribution >= 0.6 is 11.8 Å². The highest BCUT2D eigenvalue weighted by Crippen LogP contribution is 2.31. The Kier molecular flexibility index (Phi) is 7.90. The zero-order valence-electron chi connectivity index (χ0n) is 20.8. The van der Waals surface area contributed by atoms with Gasteiger partial charge < -0.3 is 0 Å². The molecule has 0 spiro atoms. The molecule has 3 aromatic rings. The van der Waals surface area contributed by atoms with Gasteiger partial charge in [-0.25, -0.2) is 13.2 Å². The van der Waals surface area contributed by atoms with Gasteiger partial charge in [-0.05, 0) is 75.3 Å². The molecule has 36 heavy (non-hydrogen) atoms. The van der Waals surface area contributed by atoms with Gasteiger partial charge in [0.2, 0.25) is 0 Å². The summed E-state index contributed by atoms with van der Waals surface area (Å²) in [5.74, 6) is 0. The summed E-state index contributed by atoms with van der Waals surface area (Å²) in [6.45, 7) is 6.01.